The monoisotopic (exact) mass is 304 g/mol. The molecule has 1 aromatic heterocycles. The molecule has 1 aromatic carbocycles. The Kier molecular flexibility index (Phi) is 2.96. The van der Waals surface area contributed by atoms with Gasteiger partial charge in [-0.15, -0.1) is 0 Å². The summed E-state index contributed by atoms with van der Waals surface area (Å²) in [4.78, 5) is 4.36. The van der Waals surface area contributed by atoms with Gasteiger partial charge in [-0.3, -0.25) is 0 Å². The highest BCUT2D eigenvalue weighted by atomic mass is 79.9. The van der Waals surface area contributed by atoms with Gasteiger partial charge in [0.05, 0.1) is 6.04 Å². The third-order valence-corrected chi connectivity index (χ3v) is 3.90. The molecular formula is C14H13BrN2O. The summed E-state index contributed by atoms with van der Waals surface area (Å²) in [6, 6.07) is 10.3. The zero-order valence-electron chi connectivity index (χ0n) is 9.98. The van der Waals surface area contributed by atoms with Crippen LogP contribution in [0.2, 0.25) is 0 Å². The summed E-state index contributed by atoms with van der Waals surface area (Å²) in [5, 5.41) is 3.41. The van der Waals surface area contributed by atoms with Crippen LogP contribution >= 0.6 is 15.9 Å². The summed E-state index contributed by atoms with van der Waals surface area (Å²) >= 11 is 3.45. The van der Waals surface area contributed by atoms with Crippen LogP contribution in [0.3, 0.4) is 0 Å². The Morgan fingerprint density at radius 1 is 1.39 bits per heavy atom. The minimum Gasteiger partial charge on any atom is -0.491 e. The molecule has 1 unspecified atom stereocenters. The molecule has 0 bridgehead atoms. The molecule has 0 amide bonds. The normalized spacial score (nSPS) is 17.1. The molecule has 0 saturated carbocycles. The van der Waals surface area contributed by atoms with E-state index in [1.165, 1.54) is 11.1 Å². The highest BCUT2D eigenvalue weighted by Crippen LogP contribution is 2.33. The third kappa shape index (κ3) is 2.08. The van der Waals surface area contributed by atoms with Crippen LogP contribution in [0.25, 0.3) is 0 Å². The number of pyridine rings is 1. The van der Waals surface area contributed by atoms with Crippen molar-refractivity contribution in [3.05, 3.63) is 52.1 Å². The van der Waals surface area contributed by atoms with Gasteiger partial charge in [0, 0.05) is 16.2 Å². The number of fused-ring (bicyclic) bond motifs is 1. The lowest BCUT2D eigenvalue weighted by Crippen LogP contribution is -2.12. The zero-order chi connectivity index (χ0) is 12.5. The van der Waals surface area contributed by atoms with Gasteiger partial charge in [0.15, 0.2) is 0 Å². The molecule has 1 aliphatic rings. The second-order valence-electron chi connectivity index (χ2n) is 4.36. The molecule has 0 radical (unpaired) electrons. The number of nitrogens with zero attached hydrogens (tertiary/aromatic N) is 1. The lowest BCUT2D eigenvalue weighted by Gasteiger charge is -2.13. The predicted octanol–water partition coefficient (Wildman–Crippen LogP) is 3.70. The first-order valence-corrected chi connectivity index (χ1v) is 6.64. The van der Waals surface area contributed by atoms with E-state index in [9.17, 15) is 0 Å². The van der Waals surface area contributed by atoms with E-state index in [2.05, 4.69) is 39.2 Å². The van der Waals surface area contributed by atoms with Gasteiger partial charge in [-0.25, -0.2) is 4.98 Å². The van der Waals surface area contributed by atoms with Crippen molar-refractivity contribution < 1.29 is 4.74 Å². The van der Waals surface area contributed by atoms with Crippen LogP contribution in [-0.2, 0) is 0 Å². The second-order valence-corrected chi connectivity index (χ2v) is 5.22. The molecule has 0 spiro atoms. The van der Waals surface area contributed by atoms with Gasteiger partial charge in [0.1, 0.15) is 18.2 Å². The fourth-order valence-electron chi connectivity index (χ4n) is 2.08. The van der Waals surface area contributed by atoms with Crippen LogP contribution < -0.4 is 10.1 Å². The lowest BCUT2D eigenvalue weighted by molar-refractivity contribution is 0.339. The van der Waals surface area contributed by atoms with Crippen molar-refractivity contribution in [2.45, 2.75) is 13.0 Å². The maximum Gasteiger partial charge on any atom is 0.126 e. The molecule has 3 rings (SSSR count). The van der Waals surface area contributed by atoms with Crippen LogP contribution in [-0.4, -0.2) is 11.6 Å². The number of hydrogen-bond acceptors (Lipinski definition) is 3. The molecule has 18 heavy (non-hydrogen) atoms. The average molecular weight is 305 g/mol. The number of para-hydroxylation sites is 1. The highest BCUT2D eigenvalue weighted by molar-refractivity contribution is 9.10. The minimum absolute atomic E-state index is 0.175. The second kappa shape index (κ2) is 4.61. The van der Waals surface area contributed by atoms with Crippen molar-refractivity contribution in [3.63, 3.8) is 0 Å². The van der Waals surface area contributed by atoms with Gasteiger partial charge in [0.2, 0.25) is 0 Å². The number of anilines is 1. The Balaban J connectivity index is 1.84. The van der Waals surface area contributed by atoms with E-state index in [4.69, 9.17) is 4.74 Å². The Labute approximate surface area is 114 Å². The van der Waals surface area contributed by atoms with Gasteiger partial charge in [-0.05, 0) is 40.5 Å². The van der Waals surface area contributed by atoms with Crippen LogP contribution in [0.1, 0.15) is 17.2 Å². The van der Waals surface area contributed by atoms with Gasteiger partial charge >= 0.3 is 0 Å². The van der Waals surface area contributed by atoms with Crippen LogP contribution in [0, 0.1) is 6.92 Å². The first-order valence-electron chi connectivity index (χ1n) is 5.84. The van der Waals surface area contributed by atoms with Gasteiger partial charge in [-0.2, -0.15) is 0 Å². The number of ether oxygens (including phenoxy) is 1. The van der Waals surface area contributed by atoms with Crippen LogP contribution in [0.15, 0.2) is 41.0 Å². The Morgan fingerprint density at radius 3 is 3.06 bits per heavy atom. The first-order chi connectivity index (χ1) is 8.74. The van der Waals surface area contributed by atoms with Crippen LogP contribution in [0.4, 0.5) is 5.82 Å². The Hall–Kier alpha value is -1.55. The van der Waals surface area contributed by atoms with E-state index < -0.39 is 0 Å². The van der Waals surface area contributed by atoms with E-state index in [1.807, 2.05) is 30.5 Å². The fourth-order valence-corrected chi connectivity index (χ4v) is 2.30. The molecule has 0 fully saturated rings. The minimum atomic E-state index is 0.175. The SMILES string of the molecule is Cc1cc(NC2COc3ccccc32)ncc1Br. The molecule has 92 valence electrons. The zero-order valence-corrected chi connectivity index (χ0v) is 11.6. The standard InChI is InChI=1S/C14H13BrN2O/c1-9-6-14(16-7-11(9)15)17-12-8-18-13-5-3-2-4-10(12)13/h2-7,12H,8H2,1H3,(H,16,17). The lowest BCUT2D eigenvalue weighted by atomic mass is 10.1. The number of aromatic nitrogens is 1. The molecular weight excluding hydrogens is 292 g/mol. The summed E-state index contributed by atoms with van der Waals surface area (Å²) in [5.74, 6) is 1.84. The maximum atomic E-state index is 5.64. The Bertz CT molecular complexity index is 586. The van der Waals surface area contributed by atoms with E-state index in [0.29, 0.717) is 6.61 Å². The molecule has 3 nitrogen and oxygen atoms in total. The van der Waals surface area contributed by atoms with Gasteiger partial charge < -0.3 is 10.1 Å². The van der Waals surface area contributed by atoms with Crippen molar-refractivity contribution in [1.82, 2.24) is 4.98 Å². The van der Waals surface area contributed by atoms with Crippen molar-refractivity contribution >= 4 is 21.7 Å². The van der Waals surface area contributed by atoms with Gasteiger partial charge in [-0.1, -0.05) is 18.2 Å². The van der Waals surface area contributed by atoms with E-state index in [-0.39, 0.29) is 6.04 Å². The first kappa shape index (κ1) is 11.5. The third-order valence-electron chi connectivity index (χ3n) is 3.07. The number of hydrogen-bond donors (Lipinski definition) is 1. The predicted molar refractivity (Wildman–Crippen MR) is 75.0 cm³/mol. The average Bonchev–Trinajstić information content (AvgIpc) is 2.78. The molecule has 2 heterocycles. The van der Waals surface area contributed by atoms with Crippen molar-refractivity contribution in [1.29, 1.82) is 0 Å². The van der Waals surface area contributed by atoms with Crippen LogP contribution in [0.5, 0.6) is 5.75 Å². The molecule has 1 atom stereocenters. The fraction of sp³-hybridized carbons (Fsp3) is 0.214. The molecule has 1 aliphatic heterocycles. The molecule has 4 heteroatoms. The topological polar surface area (TPSA) is 34.1 Å². The Morgan fingerprint density at radius 2 is 2.22 bits per heavy atom. The molecule has 2 aromatic rings. The van der Waals surface area contributed by atoms with Crippen molar-refractivity contribution in [2.75, 3.05) is 11.9 Å². The summed E-state index contributed by atoms with van der Waals surface area (Å²) < 4.78 is 6.66. The summed E-state index contributed by atoms with van der Waals surface area (Å²) in [6.07, 6.45) is 1.82. The maximum absolute atomic E-state index is 5.64. The van der Waals surface area contributed by atoms with Crippen molar-refractivity contribution in [3.8, 4) is 5.75 Å². The van der Waals surface area contributed by atoms with Crippen molar-refractivity contribution in [2.24, 2.45) is 0 Å². The molecule has 1 N–H and O–H groups in total. The smallest absolute Gasteiger partial charge is 0.126 e. The molecule has 0 aliphatic carbocycles. The summed E-state index contributed by atoms with van der Waals surface area (Å²) in [6.45, 7) is 2.70. The number of nitrogens with one attached hydrogen (secondary N) is 1. The summed E-state index contributed by atoms with van der Waals surface area (Å²) in [7, 11) is 0. The quantitative estimate of drug-likeness (QED) is 0.918. The number of aryl methyl sites for hydroxylation is 1. The number of rotatable bonds is 2. The van der Waals surface area contributed by atoms with E-state index in [0.717, 1.165) is 16.0 Å². The molecule has 0 saturated heterocycles. The number of benzene rings is 1. The number of halogens is 1. The highest BCUT2D eigenvalue weighted by Gasteiger charge is 2.23. The van der Waals surface area contributed by atoms with E-state index >= 15 is 0 Å². The van der Waals surface area contributed by atoms with Gasteiger partial charge in [0.25, 0.3) is 0 Å². The largest absolute Gasteiger partial charge is 0.491 e. The van der Waals surface area contributed by atoms with E-state index in [1.54, 1.807) is 0 Å². The summed E-state index contributed by atoms with van der Waals surface area (Å²) in [5.41, 5.74) is 2.36.